The van der Waals surface area contributed by atoms with Crippen LogP contribution in [0.5, 0.6) is 5.75 Å². The minimum Gasteiger partial charge on any atom is -0.507 e. The van der Waals surface area contributed by atoms with E-state index in [1.54, 1.807) is 36.4 Å². The van der Waals surface area contributed by atoms with Gasteiger partial charge in [-0.2, -0.15) is 0 Å². The summed E-state index contributed by atoms with van der Waals surface area (Å²) in [6.45, 7) is 3.80. The summed E-state index contributed by atoms with van der Waals surface area (Å²) in [5.41, 5.74) is 2.74. The predicted molar refractivity (Wildman–Crippen MR) is 112 cm³/mol. The van der Waals surface area contributed by atoms with Crippen LogP contribution in [0.25, 0.3) is 5.76 Å². The SMILES string of the molecule is COc1ccc(C)cc1/C(O)=C1/C(=O)C(=O)N(c2ccc(C)cc2)C1c1ccco1. The molecule has 1 amide bonds. The molecule has 3 aromatic rings. The van der Waals surface area contributed by atoms with Crippen molar-refractivity contribution in [3.05, 3.63) is 88.9 Å². The van der Waals surface area contributed by atoms with Gasteiger partial charge in [-0.3, -0.25) is 14.5 Å². The van der Waals surface area contributed by atoms with Crippen LogP contribution in [0.15, 0.2) is 70.9 Å². The zero-order valence-electron chi connectivity index (χ0n) is 16.9. The molecule has 4 rings (SSSR count). The van der Waals surface area contributed by atoms with E-state index >= 15 is 0 Å². The van der Waals surface area contributed by atoms with Crippen LogP contribution in [0.3, 0.4) is 0 Å². The molecule has 0 radical (unpaired) electrons. The summed E-state index contributed by atoms with van der Waals surface area (Å²) in [4.78, 5) is 27.4. The smallest absolute Gasteiger partial charge is 0.300 e. The van der Waals surface area contributed by atoms with Crippen LogP contribution in [0.1, 0.15) is 28.5 Å². The fourth-order valence-electron chi connectivity index (χ4n) is 3.67. The first-order chi connectivity index (χ1) is 14.4. The molecule has 1 fully saturated rings. The van der Waals surface area contributed by atoms with Crippen molar-refractivity contribution >= 4 is 23.1 Å². The summed E-state index contributed by atoms with van der Waals surface area (Å²) in [5, 5.41) is 11.2. The van der Waals surface area contributed by atoms with Gasteiger partial charge in [-0.1, -0.05) is 29.3 Å². The Balaban J connectivity index is 1.95. The number of hydrogen-bond donors (Lipinski definition) is 1. The number of aliphatic hydroxyl groups is 1. The molecule has 0 aliphatic carbocycles. The van der Waals surface area contributed by atoms with Gasteiger partial charge < -0.3 is 14.3 Å². The molecule has 0 saturated carbocycles. The molecular formula is C24H21NO5. The summed E-state index contributed by atoms with van der Waals surface area (Å²) in [6, 6.07) is 15.0. The second-order valence-corrected chi connectivity index (χ2v) is 7.22. The molecular weight excluding hydrogens is 382 g/mol. The monoisotopic (exact) mass is 403 g/mol. The van der Waals surface area contributed by atoms with Crippen molar-refractivity contribution in [1.29, 1.82) is 0 Å². The van der Waals surface area contributed by atoms with Gasteiger partial charge in [0, 0.05) is 5.69 Å². The van der Waals surface area contributed by atoms with Gasteiger partial charge in [0.1, 0.15) is 23.3 Å². The number of carbonyl (C=O) groups is 2. The van der Waals surface area contributed by atoms with E-state index < -0.39 is 17.7 Å². The number of aryl methyl sites for hydroxylation is 2. The Bertz CT molecular complexity index is 1140. The zero-order chi connectivity index (χ0) is 21.4. The quantitative estimate of drug-likeness (QED) is 0.393. The lowest BCUT2D eigenvalue weighted by Gasteiger charge is -2.23. The van der Waals surface area contributed by atoms with E-state index in [1.165, 1.54) is 18.3 Å². The van der Waals surface area contributed by atoms with Crippen LogP contribution in [-0.2, 0) is 9.59 Å². The lowest BCUT2D eigenvalue weighted by atomic mass is 9.97. The van der Waals surface area contributed by atoms with Gasteiger partial charge in [0.25, 0.3) is 11.7 Å². The number of furan rings is 1. The van der Waals surface area contributed by atoms with Crippen molar-refractivity contribution in [2.24, 2.45) is 0 Å². The summed E-state index contributed by atoms with van der Waals surface area (Å²) >= 11 is 0. The Morgan fingerprint density at radius 2 is 1.73 bits per heavy atom. The number of hydrogen-bond acceptors (Lipinski definition) is 5. The Hall–Kier alpha value is -3.80. The van der Waals surface area contributed by atoms with E-state index in [-0.39, 0.29) is 11.3 Å². The van der Waals surface area contributed by atoms with Crippen LogP contribution in [0, 0.1) is 13.8 Å². The van der Waals surface area contributed by atoms with Crippen LogP contribution in [0.4, 0.5) is 5.69 Å². The van der Waals surface area contributed by atoms with Gasteiger partial charge in [0.2, 0.25) is 0 Å². The van der Waals surface area contributed by atoms with Crippen molar-refractivity contribution in [2.75, 3.05) is 12.0 Å². The normalized spacial score (nSPS) is 18.1. The summed E-state index contributed by atoms with van der Waals surface area (Å²) in [6.07, 6.45) is 1.47. The lowest BCUT2D eigenvalue weighted by Crippen LogP contribution is -2.29. The Morgan fingerprint density at radius 1 is 1.03 bits per heavy atom. The number of rotatable bonds is 4. The molecule has 0 spiro atoms. The molecule has 152 valence electrons. The standard InChI is InChI=1S/C24H21NO5/c1-14-6-9-16(10-7-14)25-21(19-5-4-12-30-19)20(23(27)24(25)28)22(26)17-13-15(2)8-11-18(17)29-3/h4-13,21,26H,1-3H3/b22-20-. The Kier molecular flexibility index (Phi) is 4.91. The number of anilines is 1. The highest BCUT2D eigenvalue weighted by atomic mass is 16.5. The van der Waals surface area contributed by atoms with Gasteiger partial charge in [-0.05, 0) is 50.2 Å². The highest BCUT2D eigenvalue weighted by Crippen LogP contribution is 2.43. The minimum atomic E-state index is -0.895. The van der Waals surface area contributed by atoms with Crippen LogP contribution >= 0.6 is 0 Å². The number of ether oxygens (including phenoxy) is 1. The third kappa shape index (κ3) is 3.16. The Morgan fingerprint density at radius 3 is 2.37 bits per heavy atom. The molecule has 2 aromatic carbocycles. The third-order valence-corrected chi connectivity index (χ3v) is 5.18. The minimum absolute atomic E-state index is 0.0422. The highest BCUT2D eigenvalue weighted by Gasteiger charge is 2.48. The molecule has 6 heteroatoms. The molecule has 1 aliphatic heterocycles. The number of aliphatic hydroxyl groups excluding tert-OH is 1. The zero-order valence-corrected chi connectivity index (χ0v) is 16.9. The van der Waals surface area contributed by atoms with Crippen molar-refractivity contribution in [1.82, 2.24) is 0 Å². The number of nitrogens with zero attached hydrogens (tertiary/aromatic N) is 1. The maximum absolute atomic E-state index is 13.1. The number of ketones is 1. The van der Waals surface area contributed by atoms with Crippen LogP contribution < -0.4 is 9.64 Å². The topological polar surface area (TPSA) is 80.0 Å². The summed E-state index contributed by atoms with van der Waals surface area (Å²) in [7, 11) is 1.48. The molecule has 1 N–H and O–H groups in total. The van der Waals surface area contributed by atoms with Crippen molar-refractivity contribution in [2.45, 2.75) is 19.9 Å². The first-order valence-corrected chi connectivity index (χ1v) is 9.48. The van der Waals surface area contributed by atoms with Gasteiger partial charge >= 0.3 is 0 Å². The maximum atomic E-state index is 13.1. The van der Waals surface area contributed by atoms with Gasteiger partial charge in [0.15, 0.2) is 0 Å². The summed E-state index contributed by atoms with van der Waals surface area (Å²) < 4.78 is 10.9. The largest absolute Gasteiger partial charge is 0.507 e. The van der Waals surface area contributed by atoms with E-state index in [0.29, 0.717) is 22.8 Å². The van der Waals surface area contributed by atoms with E-state index in [9.17, 15) is 14.7 Å². The molecule has 0 bridgehead atoms. The molecule has 1 atom stereocenters. The molecule has 1 unspecified atom stereocenters. The van der Waals surface area contributed by atoms with Crippen LogP contribution in [0.2, 0.25) is 0 Å². The molecule has 1 saturated heterocycles. The second kappa shape index (κ2) is 7.55. The lowest BCUT2D eigenvalue weighted by molar-refractivity contribution is -0.132. The first kappa shape index (κ1) is 19.5. The number of methoxy groups -OCH3 is 1. The number of Topliss-reactive ketones (excluding diaryl/α,β-unsaturated/α-hetero) is 1. The first-order valence-electron chi connectivity index (χ1n) is 9.48. The summed E-state index contributed by atoms with van der Waals surface area (Å²) in [5.74, 6) is -1.03. The van der Waals surface area contributed by atoms with E-state index in [2.05, 4.69) is 0 Å². The van der Waals surface area contributed by atoms with Gasteiger partial charge in [0.05, 0.1) is 24.5 Å². The molecule has 1 aliphatic rings. The third-order valence-electron chi connectivity index (χ3n) is 5.18. The second-order valence-electron chi connectivity index (χ2n) is 7.22. The van der Waals surface area contributed by atoms with Gasteiger partial charge in [-0.15, -0.1) is 0 Å². The molecule has 1 aromatic heterocycles. The number of benzene rings is 2. The average molecular weight is 403 g/mol. The Labute approximate surface area is 174 Å². The van der Waals surface area contributed by atoms with E-state index in [0.717, 1.165) is 11.1 Å². The van der Waals surface area contributed by atoms with Crippen molar-refractivity contribution in [3.63, 3.8) is 0 Å². The van der Waals surface area contributed by atoms with Crippen molar-refractivity contribution < 1.29 is 23.8 Å². The number of carbonyl (C=O) groups excluding carboxylic acids is 2. The fourth-order valence-corrected chi connectivity index (χ4v) is 3.67. The van der Waals surface area contributed by atoms with Gasteiger partial charge in [-0.25, -0.2) is 0 Å². The maximum Gasteiger partial charge on any atom is 0.300 e. The average Bonchev–Trinajstić information content (AvgIpc) is 3.35. The van der Waals surface area contributed by atoms with Crippen molar-refractivity contribution in [3.8, 4) is 5.75 Å². The molecule has 6 nitrogen and oxygen atoms in total. The number of amides is 1. The molecule has 2 heterocycles. The van der Waals surface area contributed by atoms with E-state index in [1.807, 2.05) is 32.0 Å². The highest BCUT2D eigenvalue weighted by molar-refractivity contribution is 6.51. The molecule has 30 heavy (non-hydrogen) atoms. The predicted octanol–water partition coefficient (Wildman–Crippen LogP) is 4.53. The fraction of sp³-hybridized carbons (Fsp3) is 0.167. The van der Waals surface area contributed by atoms with E-state index in [4.69, 9.17) is 9.15 Å². The van der Waals surface area contributed by atoms with Crippen LogP contribution in [-0.4, -0.2) is 23.9 Å².